The summed E-state index contributed by atoms with van der Waals surface area (Å²) in [7, 11) is 0. The summed E-state index contributed by atoms with van der Waals surface area (Å²) in [6.07, 6.45) is 0.295. The van der Waals surface area contributed by atoms with Gasteiger partial charge in [0, 0.05) is 22.7 Å². The van der Waals surface area contributed by atoms with Crippen molar-refractivity contribution in [3.8, 4) is 0 Å². The van der Waals surface area contributed by atoms with Crippen molar-refractivity contribution in [2.75, 3.05) is 5.73 Å². The molecule has 2 N–H and O–H groups in total. The highest BCUT2D eigenvalue weighted by molar-refractivity contribution is 6.31. The number of anilines is 1. The number of carbonyl (C=O) groups is 1. The average Bonchev–Trinajstić information content (AvgIpc) is 2.32. The number of rotatable bonds is 3. The maximum Gasteiger partial charge on any atom is 0.167 e. The van der Waals surface area contributed by atoms with Crippen LogP contribution < -0.4 is 5.73 Å². The number of halogens is 1. The molecular weight excluding hydrogens is 234 g/mol. The molecule has 2 aromatic carbocycles. The van der Waals surface area contributed by atoms with E-state index in [1.165, 1.54) is 0 Å². The lowest BCUT2D eigenvalue weighted by Crippen LogP contribution is -2.04. The van der Waals surface area contributed by atoms with Gasteiger partial charge in [-0.05, 0) is 23.8 Å². The lowest BCUT2D eigenvalue weighted by atomic mass is 10.0. The highest BCUT2D eigenvalue weighted by atomic mass is 35.5. The molecule has 0 heterocycles. The van der Waals surface area contributed by atoms with Crippen LogP contribution >= 0.6 is 11.6 Å². The van der Waals surface area contributed by atoms with E-state index in [-0.39, 0.29) is 5.78 Å². The van der Waals surface area contributed by atoms with Crippen LogP contribution in [0.4, 0.5) is 5.69 Å². The minimum atomic E-state index is 0.0189. The van der Waals surface area contributed by atoms with E-state index in [2.05, 4.69) is 0 Å². The summed E-state index contributed by atoms with van der Waals surface area (Å²) in [5.41, 5.74) is 7.68. The second kappa shape index (κ2) is 5.02. The summed E-state index contributed by atoms with van der Waals surface area (Å²) in [4.78, 5) is 12.0. The Hall–Kier alpha value is -1.80. The average molecular weight is 246 g/mol. The summed E-state index contributed by atoms with van der Waals surface area (Å²) in [5.74, 6) is 0.0189. The van der Waals surface area contributed by atoms with Gasteiger partial charge in [0.25, 0.3) is 0 Å². The van der Waals surface area contributed by atoms with Crippen molar-refractivity contribution in [2.45, 2.75) is 6.42 Å². The van der Waals surface area contributed by atoms with Gasteiger partial charge in [-0.3, -0.25) is 4.79 Å². The van der Waals surface area contributed by atoms with Crippen molar-refractivity contribution in [1.29, 1.82) is 0 Å². The van der Waals surface area contributed by atoms with Crippen molar-refractivity contribution in [3.63, 3.8) is 0 Å². The SMILES string of the molecule is Nc1cccc(C(=O)Cc2ccccc2Cl)c1. The summed E-state index contributed by atoms with van der Waals surface area (Å²) < 4.78 is 0. The fourth-order valence-corrected chi connectivity index (χ4v) is 1.83. The van der Waals surface area contributed by atoms with Crippen molar-refractivity contribution < 1.29 is 4.79 Å². The number of ketones is 1. The van der Waals surface area contributed by atoms with E-state index in [9.17, 15) is 4.79 Å². The first kappa shape index (κ1) is 11.7. The molecule has 0 radical (unpaired) electrons. The summed E-state index contributed by atoms with van der Waals surface area (Å²) in [6, 6.07) is 14.3. The third kappa shape index (κ3) is 2.86. The molecule has 0 saturated carbocycles. The minimum Gasteiger partial charge on any atom is -0.399 e. The first-order valence-corrected chi connectivity index (χ1v) is 5.67. The van der Waals surface area contributed by atoms with Crippen LogP contribution in [0.15, 0.2) is 48.5 Å². The minimum absolute atomic E-state index is 0.0189. The fourth-order valence-electron chi connectivity index (χ4n) is 1.63. The molecule has 0 atom stereocenters. The van der Waals surface area contributed by atoms with Crippen LogP contribution in [0, 0.1) is 0 Å². The largest absolute Gasteiger partial charge is 0.399 e. The van der Waals surface area contributed by atoms with E-state index < -0.39 is 0 Å². The van der Waals surface area contributed by atoms with E-state index in [1.807, 2.05) is 18.2 Å². The van der Waals surface area contributed by atoms with Crippen LogP contribution in [0.1, 0.15) is 15.9 Å². The van der Waals surface area contributed by atoms with E-state index in [1.54, 1.807) is 30.3 Å². The number of nitrogens with two attached hydrogens (primary N) is 1. The molecule has 3 heteroatoms. The van der Waals surface area contributed by atoms with E-state index in [4.69, 9.17) is 17.3 Å². The molecule has 0 aliphatic carbocycles. The predicted molar refractivity (Wildman–Crippen MR) is 70.3 cm³/mol. The first-order chi connectivity index (χ1) is 8.16. The molecule has 0 amide bonds. The highest BCUT2D eigenvalue weighted by Gasteiger charge is 2.09. The fraction of sp³-hybridized carbons (Fsp3) is 0.0714. The predicted octanol–water partition coefficient (Wildman–Crippen LogP) is 3.35. The summed E-state index contributed by atoms with van der Waals surface area (Å²) in [6.45, 7) is 0. The molecule has 2 nitrogen and oxygen atoms in total. The number of hydrogen-bond donors (Lipinski definition) is 1. The quantitative estimate of drug-likeness (QED) is 0.666. The number of benzene rings is 2. The smallest absolute Gasteiger partial charge is 0.167 e. The number of Topliss-reactive ketones (excluding diaryl/α,β-unsaturated/α-hetero) is 1. The van der Waals surface area contributed by atoms with Crippen molar-refractivity contribution >= 4 is 23.1 Å². The summed E-state index contributed by atoms with van der Waals surface area (Å²) >= 11 is 6.01. The molecule has 0 aromatic heterocycles. The lowest BCUT2D eigenvalue weighted by Gasteiger charge is -2.04. The van der Waals surface area contributed by atoms with Gasteiger partial charge in [-0.2, -0.15) is 0 Å². The van der Waals surface area contributed by atoms with Gasteiger partial charge < -0.3 is 5.73 Å². The van der Waals surface area contributed by atoms with E-state index in [0.717, 1.165) is 5.56 Å². The molecule has 0 saturated heterocycles. The van der Waals surface area contributed by atoms with Crippen LogP contribution in [0.25, 0.3) is 0 Å². The van der Waals surface area contributed by atoms with Crippen LogP contribution in [0.5, 0.6) is 0 Å². The zero-order valence-corrected chi connectivity index (χ0v) is 9.95. The first-order valence-electron chi connectivity index (χ1n) is 5.29. The van der Waals surface area contributed by atoms with Crippen molar-refractivity contribution in [2.24, 2.45) is 0 Å². The Bertz CT molecular complexity index is 551. The Labute approximate surface area is 105 Å². The Morgan fingerprint density at radius 1 is 1.12 bits per heavy atom. The van der Waals surface area contributed by atoms with Gasteiger partial charge in [-0.1, -0.05) is 41.9 Å². The molecular formula is C14H12ClNO. The molecule has 0 spiro atoms. The standard InChI is InChI=1S/C14H12ClNO/c15-13-7-2-1-4-10(13)9-14(17)11-5-3-6-12(16)8-11/h1-8H,9,16H2. The molecule has 2 rings (SSSR count). The molecule has 2 aromatic rings. The van der Waals surface area contributed by atoms with Crippen molar-refractivity contribution in [1.82, 2.24) is 0 Å². The van der Waals surface area contributed by atoms with Crippen LogP contribution in [-0.4, -0.2) is 5.78 Å². The van der Waals surface area contributed by atoms with Gasteiger partial charge in [0.1, 0.15) is 0 Å². The summed E-state index contributed by atoms with van der Waals surface area (Å²) in [5, 5.41) is 0.616. The Morgan fingerprint density at radius 2 is 1.88 bits per heavy atom. The number of hydrogen-bond acceptors (Lipinski definition) is 2. The van der Waals surface area contributed by atoms with E-state index >= 15 is 0 Å². The normalized spacial score (nSPS) is 10.2. The second-order valence-corrected chi connectivity index (χ2v) is 4.22. The van der Waals surface area contributed by atoms with Gasteiger partial charge in [0.2, 0.25) is 0 Å². The number of nitrogen functional groups attached to an aromatic ring is 1. The second-order valence-electron chi connectivity index (χ2n) is 3.82. The highest BCUT2D eigenvalue weighted by Crippen LogP contribution is 2.18. The lowest BCUT2D eigenvalue weighted by molar-refractivity contribution is 0.0993. The molecule has 0 unspecified atom stereocenters. The molecule has 0 bridgehead atoms. The molecule has 17 heavy (non-hydrogen) atoms. The van der Waals surface area contributed by atoms with Gasteiger partial charge in [0.05, 0.1) is 0 Å². The van der Waals surface area contributed by atoms with Gasteiger partial charge in [-0.15, -0.1) is 0 Å². The Kier molecular flexibility index (Phi) is 3.45. The van der Waals surface area contributed by atoms with Gasteiger partial charge >= 0.3 is 0 Å². The van der Waals surface area contributed by atoms with Gasteiger partial charge in [-0.25, -0.2) is 0 Å². The molecule has 0 fully saturated rings. The maximum absolute atomic E-state index is 12.0. The van der Waals surface area contributed by atoms with Gasteiger partial charge in [0.15, 0.2) is 5.78 Å². The third-order valence-electron chi connectivity index (χ3n) is 2.52. The molecule has 86 valence electrons. The van der Waals surface area contributed by atoms with Crippen LogP contribution in [0.3, 0.4) is 0 Å². The van der Waals surface area contributed by atoms with Crippen LogP contribution in [0.2, 0.25) is 5.02 Å². The maximum atomic E-state index is 12.0. The Morgan fingerprint density at radius 3 is 2.59 bits per heavy atom. The van der Waals surface area contributed by atoms with E-state index in [0.29, 0.717) is 22.7 Å². The monoisotopic (exact) mass is 245 g/mol. The molecule has 0 aliphatic rings. The van der Waals surface area contributed by atoms with Crippen molar-refractivity contribution in [3.05, 3.63) is 64.7 Å². The molecule has 0 aliphatic heterocycles. The zero-order chi connectivity index (χ0) is 12.3. The van der Waals surface area contributed by atoms with Crippen LogP contribution in [-0.2, 0) is 6.42 Å². The Balaban J connectivity index is 2.20. The number of carbonyl (C=O) groups excluding carboxylic acids is 1. The third-order valence-corrected chi connectivity index (χ3v) is 2.89. The zero-order valence-electron chi connectivity index (χ0n) is 9.19. The topological polar surface area (TPSA) is 43.1 Å².